The number of sulfone groups is 1. The zero-order valence-corrected chi connectivity index (χ0v) is 11.2. The highest BCUT2D eigenvalue weighted by Crippen LogP contribution is 2.25. The SMILES string of the molecule is CCOC(=O)c1cnn(C2CCS(=O)(=O)C2)c1C. The van der Waals surface area contributed by atoms with Crippen LogP contribution in [0.3, 0.4) is 0 Å². The van der Waals surface area contributed by atoms with E-state index in [-0.39, 0.29) is 17.5 Å². The van der Waals surface area contributed by atoms with Crippen LogP contribution in [-0.4, -0.2) is 42.3 Å². The maximum atomic E-state index is 11.6. The molecule has 2 heterocycles. The molecule has 0 aromatic carbocycles. The average Bonchev–Trinajstić information content (AvgIpc) is 2.82. The van der Waals surface area contributed by atoms with Crippen LogP contribution in [0.25, 0.3) is 0 Å². The maximum absolute atomic E-state index is 11.6. The van der Waals surface area contributed by atoms with Crippen molar-refractivity contribution in [2.45, 2.75) is 26.3 Å². The van der Waals surface area contributed by atoms with E-state index in [4.69, 9.17) is 4.74 Å². The first-order chi connectivity index (χ1) is 8.44. The van der Waals surface area contributed by atoms with Gasteiger partial charge in [-0.3, -0.25) is 4.68 Å². The van der Waals surface area contributed by atoms with Gasteiger partial charge in [-0.25, -0.2) is 13.2 Å². The summed E-state index contributed by atoms with van der Waals surface area (Å²) in [6.07, 6.45) is 1.99. The van der Waals surface area contributed by atoms with Crippen LogP contribution in [0.2, 0.25) is 0 Å². The van der Waals surface area contributed by atoms with Crippen molar-refractivity contribution in [1.29, 1.82) is 0 Å². The van der Waals surface area contributed by atoms with Crippen molar-refractivity contribution >= 4 is 15.8 Å². The molecule has 0 spiro atoms. The van der Waals surface area contributed by atoms with E-state index < -0.39 is 15.8 Å². The molecule has 18 heavy (non-hydrogen) atoms. The Hall–Kier alpha value is -1.37. The lowest BCUT2D eigenvalue weighted by molar-refractivity contribution is 0.0525. The topological polar surface area (TPSA) is 78.3 Å². The molecule has 2 rings (SSSR count). The predicted molar refractivity (Wildman–Crippen MR) is 65.2 cm³/mol. The lowest BCUT2D eigenvalue weighted by atomic mass is 10.2. The van der Waals surface area contributed by atoms with Crippen LogP contribution >= 0.6 is 0 Å². The van der Waals surface area contributed by atoms with Gasteiger partial charge in [0.1, 0.15) is 5.56 Å². The van der Waals surface area contributed by atoms with E-state index in [1.165, 1.54) is 6.20 Å². The maximum Gasteiger partial charge on any atom is 0.341 e. The molecule has 1 saturated heterocycles. The molecule has 0 amide bonds. The summed E-state index contributed by atoms with van der Waals surface area (Å²) in [5.41, 5.74) is 1.07. The Balaban J connectivity index is 2.24. The minimum Gasteiger partial charge on any atom is -0.462 e. The van der Waals surface area contributed by atoms with Crippen molar-refractivity contribution in [2.75, 3.05) is 18.1 Å². The summed E-state index contributed by atoms with van der Waals surface area (Å²) < 4.78 is 29.4. The van der Waals surface area contributed by atoms with Crippen LogP contribution in [0, 0.1) is 6.92 Å². The highest BCUT2D eigenvalue weighted by atomic mass is 32.2. The number of ether oxygens (including phenoxy) is 1. The molecular formula is C11H16N2O4S. The summed E-state index contributed by atoms with van der Waals surface area (Å²) in [5, 5.41) is 4.12. The molecule has 0 bridgehead atoms. The van der Waals surface area contributed by atoms with E-state index in [0.29, 0.717) is 24.3 Å². The quantitative estimate of drug-likeness (QED) is 0.758. The van der Waals surface area contributed by atoms with Crippen LogP contribution in [0.15, 0.2) is 6.20 Å². The van der Waals surface area contributed by atoms with Crippen LogP contribution in [-0.2, 0) is 14.6 Å². The molecule has 0 N–H and O–H groups in total. The van der Waals surface area contributed by atoms with Crippen molar-refractivity contribution in [3.63, 3.8) is 0 Å². The smallest absolute Gasteiger partial charge is 0.341 e. The number of carbonyl (C=O) groups is 1. The number of nitrogens with zero attached hydrogens (tertiary/aromatic N) is 2. The van der Waals surface area contributed by atoms with E-state index in [9.17, 15) is 13.2 Å². The van der Waals surface area contributed by atoms with Gasteiger partial charge in [-0.15, -0.1) is 0 Å². The standard InChI is InChI=1S/C11H16N2O4S/c1-3-17-11(14)10-6-12-13(8(10)2)9-4-5-18(15,16)7-9/h6,9H,3-5,7H2,1-2H3. The Labute approximate surface area is 106 Å². The normalized spacial score (nSPS) is 22.0. The Bertz CT molecular complexity index is 562. The van der Waals surface area contributed by atoms with Crippen molar-refractivity contribution in [3.8, 4) is 0 Å². The van der Waals surface area contributed by atoms with Crippen LogP contribution < -0.4 is 0 Å². The summed E-state index contributed by atoms with van der Waals surface area (Å²) >= 11 is 0. The first-order valence-electron chi connectivity index (χ1n) is 5.86. The highest BCUT2D eigenvalue weighted by molar-refractivity contribution is 7.91. The molecule has 7 heteroatoms. The second kappa shape index (κ2) is 4.72. The molecule has 0 aliphatic carbocycles. The molecule has 0 saturated carbocycles. The fraction of sp³-hybridized carbons (Fsp3) is 0.636. The first-order valence-corrected chi connectivity index (χ1v) is 7.68. The van der Waals surface area contributed by atoms with E-state index in [1.54, 1.807) is 18.5 Å². The van der Waals surface area contributed by atoms with E-state index in [2.05, 4.69) is 5.10 Å². The summed E-state index contributed by atoms with van der Waals surface area (Å²) in [6, 6.07) is -0.168. The minimum atomic E-state index is -2.96. The van der Waals surface area contributed by atoms with Gasteiger partial charge in [0, 0.05) is 0 Å². The van der Waals surface area contributed by atoms with Gasteiger partial charge >= 0.3 is 5.97 Å². The molecule has 1 aliphatic rings. The molecule has 1 aliphatic heterocycles. The Morgan fingerprint density at radius 2 is 2.33 bits per heavy atom. The second-order valence-electron chi connectivity index (χ2n) is 4.37. The molecule has 6 nitrogen and oxygen atoms in total. The van der Waals surface area contributed by atoms with Gasteiger partial charge in [0.25, 0.3) is 0 Å². The molecule has 100 valence electrons. The van der Waals surface area contributed by atoms with Gasteiger partial charge in [-0.2, -0.15) is 5.10 Å². The lowest BCUT2D eigenvalue weighted by Crippen LogP contribution is -2.15. The minimum absolute atomic E-state index is 0.0950. The Morgan fingerprint density at radius 1 is 1.61 bits per heavy atom. The fourth-order valence-electron chi connectivity index (χ4n) is 2.17. The number of rotatable bonds is 3. The van der Waals surface area contributed by atoms with E-state index in [1.807, 2.05) is 0 Å². The second-order valence-corrected chi connectivity index (χ2v) is 6.59. The fourth-order valence-corrected chi connectivity index (χ4v) is 3.86. The number of hydrogen-bond acceptors (Lipinski definition) is 5. The third-order valence-electron chi connectivity index (χ3n) is 3.09. The van der Waals surface area contributed by atoms with Crippen molar-refractivity contribution < 1.29 is 17.9 Å². The van der Waals surface area contributed by atoms with Gasteiger partial charge in [0.2, 0.25) is 0 Å². The van der Waals surface area contributed by atoms with E-state index in [0.717, 1.165) is 0 Å². The van der Waals surface area contributed by atoms with Crippen LogP contribution in [0.5, 0.6) is 0 Å². The zero-order valence-electron chi connectivity index (χ0n) is 10.4. The summed E-state index contributed by atoms with van der Waals surface area (Å²) in [5.74, 6) is -0.133. The van der Waals surface area contributed by atoms with Crippen LogP contribution in [0.1, 0.15) is 35.4 Å². The van der Waals surface area contributed by atoms with E-state index >= 15 is 0 Å². The van der Waals surface area contributed by atoms with Crippen molar-refractivity contribution in [3.05, 3.63) is 17.5 Å². The van der Waals surface area contributed by atoms with Crippen molar-refractivity contribution in [2.24, 2.45) is 0 Å². The summed E-state index contributed by atoms with van der Waals surface area (Å²) in [7, 11) is -2.96. The van der Waals surface area contributed by atoms with Gasteiger partial charge in [0.05, 0.1) is 36.0 Å². The summed E-state index contributed by atoms with van der Waals surface area (Å²) in [4.78, 5) is 11.6. The van der Waals surface area contributed by atoms with Gasteiger partial charge in [0.15, 0.2) is 9.84 Å². The molecule has 0 radical (unpaired) electrons. The van der Waals surface area contributed by atoms with Crippen LogP contribution in [0.4, 0.5) is 0 Å². The number of hydrogen-bond donors (Lipinski definition) is 0. The Morgan fingerprint density at radius 3 is 2.89 bits per heavy atom. The predicted octanol–water partition coefficient (Wildman–Crippen LogP) is 0.728. The van der Waals surface area contributed by atoms with Gasteiger partial charge < -0.3 is 4.74 Å². The molecule has 1 fully saturated rings. The Kier molecular flexibility index (Phi) is 3.43. The first kappa shape index (κ1) is 13.1. The molecule has 1 aromatic rings. The number of esters is 1. The third kappa shape index (κ3) is 2.40. The van der Waals surface area contributed by atoms with Gasteiger partial charge in [-0.05, 0) is 20.3 Å². The average molecular weight is 272 g/mol. The monoisotopic (exact) mass is 272 g/mol. The summed E-state index contributed by atoms with van der Waals surface area (Å²) in [6.45, 7) is 3.80. The molecule has 1 atom stereocenters. The lowest BCUT2D eigenvalue weighted by Gasteiger charge is -2.11. The number of carbonyl (C=O) groups excluding carboxylic acids is 1. The molecular weight excluding hydrogens is 256 g/mol. The highest BCUT2D eigenvalue weighted by Gasteiger charge is 2.31. The third-order valence-corrected chi connectivity index (χ3v) is 4.84. The van der Waals surface area contributed by atoms with Crippen molar-refractivity contribution in [1.82, 2.24) is 9.78 Å². The largest absolute Gasteiger partial charge is 0.462 e. The van der Waals surface area contributed by atoms with Gasteiger partial charge in [-0.1, -0.05) is 0 Å². The number of aromatic nitrogens is 2. The molecule has 1 aromatic heterocycles. The molecule has 1 unspecified atom stereocenters. The zero-order chi connectivity index (χ0) is 13.3.